The Labute approximate surface area is 93.5 Å². The number of thioether (sulfide) groups is 1. The lowest BCUT2D eigenvalue weighted by atomic mass is 10.2. The monoisotopic (exact) mass is 236 g/mol. The van der Waals surface area contributed by atoms with Crippen LogP contribution in [0.15, 0.2) is 11.9 Å². The summed E-state index contributed by atoms with van der Waals surface area (Å²) in [5.74, 6) is 0.933. The minimum absolute atomic E-state index is 0.314. The van der Waals surface area contributed by atoms with Crippen molar-refractivity contribution >= 4 is 30.4 Å². The molecule has 0 rings (SSSR count). The van der Waals surface area contributed by atoms with Crippen molar-refractivity contribution in [3.05, 3.63) is 11.9 Å². The van der Waals surface area contributed by atoms with E-state index in [1.807, 2.05) is 0 Å². The van der Waals surface area contributed by atoms with Crippen molar-refractivity contribution in [3.8, 4) is 0 Å². The van der Waals surface area contributed by atoms with Gasteiger partial charge in [-0.15, -0.1) is 0 Å². The lowest BCUT2D eigenvalue weighted by molar-refractivity contribution is -0.140. The van der Waals surface area contributed by atoms with Gasteiger partial charge in [0, 0.05) is 11.5 Å². The molecule has 0 aliphatic heterocycles. The average Bonchev–Trinajstić information content (AvgIpc) is 2.10. The van der Waals surface area contributed by atoms with E-state index in [2.05, 4.69) is 12.6 Å². The molecule has 0 radical (unpaired) electrons. The first-order chi connectivity index (χ1) is 6.57. The van der Waals surface area contributed by atoms with Crippen molar-refractivity contribution in [2.45, 2.75) is 6.42 Å². The summed E-state index contributed by atoms with van der Waals surface area (Å²) >= 11 is 5.54. The van der Waals surface area contributed by atoms with Gasteiger partial charge in [0.05, 0.1) is 11.7 Å². The van der Waals surface area contributed by atoms with E-state index in [9.17, 15) is 4.79 Å². The second-order valence-corrected chi connectivity index (χ2v) is 4.30. The van der Waals surface area contributed by atoms with Gasteiger partial charge in [0.25, 0.3) is 0 Å². The van der Waals surface area contributed by atoms with Gasteiger partial charge in [-0.1, -0.05) is 0 Å². The smallest absolute Gasteiger partial charge is 0.308 e. The van der Waals surface area contributed by atoms with E-state index in [1.54, 1.807) is 17.8 Å². The number of carboxylic acids is 1. The third kappa shape index (κ3) is 6.97. The molecule has 6 heteroatoms. The summed E-state index contributed by atoms with van der Waals surface area (Å²) in [7, 11) is 0. The van der Waals surface area contributed by atoms with Crippen LogP contribution in [0.2, 0.25) is 0 Å². The Morgan fingerprint density at radius 2 is 2.21 bits per heavy atom. The zero-order chi connectivity index (χ0) is 11.0. The largest absolute Gasteiger partial charge is 0.481 e. The highest BCUT2D eigenvalue weighted by Crippen LogP contribution is 2.11. The summed E-state index contributed by atoms with van der Waals surface area (Å²) < 4.78 is 0. The first kappa shape index (κ1) is 13.5. The summed E-state index contributed by atoms with van der Waals surface area (Å²) in [4.78, 5) is 10.6. The van der Waals surface area contributed by atoms with Gasteiger partial charge in [-0.2, -0.15) is 24.4 Å². The number of carbonyl (C=O) groups is 1. The fourth-order valence-corrected chi connectivity index (χ4v) is 2.19. The van der Waals surface area contributed by atoms with E-state index in [4.69, 9.17) is 16.6 Å². The van der Waals surface area contributed by atoms with Crippen molar-refractivity contribution in [3.63, 3.8) is 0 Å². The molecular weight excluding hydrogens is 220 g/mol. The maximum atomic E-state index is 10.6. The molecule has 0 saturated heterocycles. The Bertz CT molecular complexity index is 206. The number of thiol groups is 1. The molecule has 0 amide bonds. The molecule has 0 aromatic carbocycles. The first-order valence-corrected chi connectivity index (χ1v) is 5.99. The van der Waals surface area contributed by atoms with Crippen LogP contribution in [0.25, 0.3) is 0 Å². The van der Waals surface area contributed by atoms with Gasteiger partial charge in [0.15, 0.2) is 0 Å². The predicted molar refractivity (Wildman–Crippen MR) is 63.4 cm³/mol. The minimum Gasteiger partial charge on any atom is -0.481 e. The van der Waals surface area contributed by atoms with E-state index in [0.29, 0.717) is 17.3 Å². The number of allylic oxidation sites excluding steroid dienone is 1. The standard InChI is InChI=1S/C8H16N2O2S2/c9-7(10)2-1-3-14-5-6(4-13)8(11)12/h2,6,13H,1,3-5,9-10H2,(H,11,12). The van der Waals surface area contributed by atoms with Crippen LogP contribution in [0.4, 0.5) is 0 Å². The Hall–Kier alpha value is -0.490. The molecule has 14 heavy (non-hydrogen) atoms. The number of nitrogens with two attached hydrogens (primary N) is 2. The molecule has 5 N–H and O–H groups in total. The van der Waals surface area contributed by atoms with Crippen molar-refractivity contribution < 1.29 is 9.90 Å². The number of rotatable bonds is 7. The highest BCUT2D eigenvalue weighted by atomic mass is 32.2. The zero-order valence-corrected chi connectivity index (χ0v) is 9.56. The molecule has 0 aromatic rings. The van der Waals surface area contributed by atoms with Gasteiger partial charge in [-0.05, 0) is 18.2 Å². The second-order valence-electron chi connectivity index (χ2n) is 2.79. The van der Waals surface area contributed by atoms with Crippen molar-refractivity contribution in [1.29, 1.82) is 0 Å². The van der Waals surface area contributed by atoms with Crippen molar-refractivity contribution in [1.82, 2.24) is 0 Å². The number of hydrogen-bond donors (Lipinski definition) is 4. The van der Waals surface area contributed by atoms with Gasteiger partial charge in [0.1, 0.15) is 0 Å². The summed E-state index contributed by atoms with van der Waals surface area (Å²) in [5.41, 5.74) is 10.5. The predicted octanol–water partition coefficient (Wildman–Crippen LogP) is 0.499. The van der Waals surface area contributed by atoms with Crippen LogP contribution in [0.1, 0.15) is 6.42 Å². The van der Waals surface area contributed by atoms with Crippen LogP contribution in [0, 0.1) is 5.92 Å². The van der Waals surface area contributed by atoms with Crippen molar-refractivity contribution in [2.24, 2.45) is 17.4 Å². The maximum absolute atomic E-state index is 10.6. The summed E-state index contributed by atoms with van der Waals surface area (Å²) in [6, 6.07) is 0. The SMILES string of the molecule is NC(N)=CCCSCC(CS)C(=O)O. The third-order valence-electron chi connectivity index (χ3n) is 1.53. The molecule has 0 spiro atoms. The van der Waals surface area contributed by atoms with Crippen LogP contribution in [0.3, 0.4) is 0 Å². The summed E-state index contributed by atoms with van der Waals surface area (Å²) in [6.45, 7) is 0. The molecule has 82 valence electrons. The van der Waals surface area contributed by atoms with Crippen LogP contribution in [0.5, 0.6) is 0 Å². The van der Waals surface area contributed by atoms with Gasteiger partial charge in [-0.25, -0.2) is 0 Å². The van der Waals surface area contributed by atoms with Crippen LogP contribution < -0.4 is 11.5 Å². The van der Waals surface area contributed by atoms with E-state index >= 15 is 0 Å². The topological polar surface area (TPSA) is 89.3 Å². The van der Waals surface area contributed by atoms with E-state index < -0.39 is 5.97 Å². The number of hydrogen-bond acceptors (Lipinski definition) is 5. The number of aliphatic carboxylic acids is 1. The quantitative estimate of drug-likeness (QED) is 0.382. The third-order valence-corrected chi connectivity index (χ3v) is 3.13. The molecule has 1 atom stereocenters. The average molecular weight is 236 g/mol. The van der Waals surface area contributed by atoms with Gasteiger partial charge in [0.2, 0.25) is 0 Å². The Morgan fingerprint density at radius 3 is 2.64 bits per heavy atom. The van der Waals surface area contributed by atoms with Crippen LogP contribution in [-0.4, -0.2) is 28.3 Å². The van der Waals surface area contributed by atoms with Gasteiger partial charge >= 0.3 is 5.97 Å². The molecule has 0 saturated carbocycles. The zero-order valence-electron chi connectivity index (χ0n) is 7.85. The molecule has 4 nitrogen and oxygen atoms in total. The Balaban J connectivity index is 3.52. The molecule has 0 aliphatic carbocycles. The highest BCUT2D eigenvalue weighted by Gasteiger charge is 2.14. The Kier molecular flexibility index (Phi) is 7.60. The molecule has 1 unspecified atom stereocenters. The molecule has 0 bridgehead atoms. The number of carboxylic acid groups (broad SMARTS) is 1. The van der Waals surface area contributed by atoms with E-state index in [0.717, 1.165) is 12.2 Å². The molecule has 0 aliphatic rings. The lowest BCUT2D eigenvalue weighted by Crippen LogP contribution is -2.18. The van der Waals surface area contributed by atoms with E-state index in [1.165, 1.54) is 0 Å². The fraction of sp³-hybridized carbons (Fsp3) is 0.625. The second kappa shape index (κ2) is 7.87. The fourth-order valence-electron chi connectivity index (χ4n) is 0.737. The highest BCUT2D eigenvalue weighted by molar-refractivity contribution is 7.99. The molecule has 0 heterocycles. The first-order valence-electron chi connectivity index (χ1n) is 4.20. The van der Waals surface area contributed by atoms with Crippen LogP contribution in [-0.2, 0) is 4.79 Å². The molecule has 0 fully saturated rings. The van der Waals surface area contributed by atoms with Gasteiger partial charge < -0.3 is 16.6 Å². The molecular formula is C8H16N2O2S2. The summed E-state index contributed by atoms with van der Waals surface area (Å²) in [5, 5.41) is 8.70. The maximum Gasteiger partial charge on any atom is 0.308 e. The lowest BCUT2D eigenvalue weighted by Gasteiger charge is -2.07. The van der Waals surface area contributed by atoms with E-state index in [-0.39, 0.29) is 5.92 Å². The van der Waals surface area contributed by atoms with Gasteiger partial charge in [-0.3, -0.25) is 4.79 Å². The van der Waals surface area contributed by atoms with Crippen molar-refractivity contribution in [2.75, 3.05) is 17.3 Å². The summed E-state index contributed by atoms with van der Waals surface area (Å²) in [6.07, 6.45) is 2.50. The molecule has 0 aromatic heterocycles. The normalized spacial score (nSPS) is 12.1. The van der Waals surface area contributed by atoms with Crippen LogP contribution >= 0.6 is 24.4 Å². The Morgan fingerprint density at radius 1 is 1.57 bits per heavy atom. The minimum atomic E-state index is -0.790.